The molecule has 0 heterocycles. The second kappa shape index (κ2) is 5.58. The second-order valence-corrected chi connectivity index (χ2v) is 3.21. The average Bonchev–Trinajstić information content (AvgIpc) is 2.34. The third kappa shape index (κ3) is 2.70. The van der Waals surface area contributed by atoms with Crippen LogP contribution in [0, 0.1) is 10.1 Å². The topological polar surface area (TPSA) is 113 Å². The van der Waals surface area contributed by atoms with Crippen molar-refractivity contribution in [2.24, 2.45) is 5.73 Å². The molecule has 1 aromatic carbocycles. The lowest BCUT2D eigenvalue weighted by Gasteiger charge is -2.05. The first-order valence-corrected chi connectivity index (χ1v) is 4.84. The zero-order chi connectivity index (χ0) is 13.7. The first kappa shape index (κ1) is 13.4. The minimum absolute atomic E-state index is 0.0865. The number of nitrogens with two attached hydrogens (primary N) is 1. The minimum Gasteiger partial charge on any atom is -0.458 e. The molecule has 2 N–H and O–H groups in total. The van der Waals surface area contributed by atoms with E-state index in [1.54, 1.807) is 0 Å². The van der Waals surface area contributed by atoms with Gasteiger partial charge in [0.05, 0.1) is 4.92 Å². The standard InChI is InChI=1S/C11H10N2O5/c1-2-6-18-11(15)8-5-3-4-7(10(12)14)9(8)13(16)17/h2-5H,1,6H2,(H2,12,14). The van der Waals surface area contributed by atoms with E-state index in [0.29, 0.717) is 0 Å². The molecule has 94 valence electrons. The highest BCUT2D eigenvalue weighted by Crippen LogP contribution is 2.24. The summed E-state index contributed by atoms with van der Waals surface area (Å²) < 4.78 is 4.69. The Morgan fingerprint density at radius 2 is 2.06 bits per heavy atom. The number of hydrogen-bond donors (Lipinski definition) is 1. The number of carbonyl (C=O) groups is 2. The summed E-state index contributed by atoms with van der Waals surface area (Å²) in [4.78, 5) is 32.7. The first-order valence-electron chi connectivity index (χ1n) is 4.84. The van der Waals surface area contributed by atoms with E-state index in [1.165, 1.54) is 24.3 Å². The second-order valence-electron chi connectivity index (χ2n) is 3.21. The molecule has 0 aliphatic heterocycles. The van der Waals surface area contributed by atoms with Crippen molar-refractivity contribution in [2.75, 3.05) is 6.61 Å². The Morgan fingerprint density at radius 1 is 1.44 bits per heavy atom. The van der Waals surface area contributed by atoms with E-state index in [0.717, 1.165) is 0 Å². The zero-order valence-corrected chi connectivity index (χ0v) is 9.29. The van der Waals surface area contributed by atoms with Crippen molar-refractivity contribution >= 4 is 17.6 Å². The number of nitro benzene ring substituents is 1. The van der Waals surface area contributed by atoms with Crippen molar-refractivity contribution in [2.45, 2.75) is 0 Å². The van der Waals surface area contributed by atoms with Crippen LogP contribution in [0.2, 0.25) is 0 Å². The van der Waals surface area contributed by atoms with Crippen molar-refractivity contribution in [3.63, 3.8) is 0 Å². The molecular formula is C11H10N2O5. The number of carbonyl (C=O) groups excluding carboxylic acids is 2. The molecule has 0 saturated heterocycles. The SMILES string of the molecule is C=CCOC(=O)c1cccc(C(N)=O)c1[N+](=O)[O-]. The third-order valence-electron chi connectivity index (χ3n) is 2.04. The Balaban J connectivity index is 3.31. The lowest BCUT2D eigenvalue weighted by molar-refractivity contribution is -0.385. The van der Waals surface area contributed by atoms with Crippen LogP contribution in [0.15, 0.2) is 30.9 Å². The molecule has 0 bridgehead atoms. The van der Waals surface area contributed by atoms with Gasteiger partial charge in [-0.2, -0.15) is 0 Å². The number of nitrogens with zero attached hydrogens (tertiary/aromatic N) is 1. The summed E-state index contributed by atoms with van der Waals surface area (Å²) in [6.07, 6.45) is 1.32. The summed E-state index contributed by atoms with van der Waals surface area (Å²) in [5.74, 6) is -1.90. The van der Waals surface area contributed by atoms with Gasteiger partial charge in [0.25, 0.3) is 11.6 Å². The molecule has 18 heavy (non-hydrogen) atoms. The van der Waals surface area contributed by atoms with Crippen LogP contribution >= 0.6 is 0 Å². The third-order valence-corrected chi connectivity index (χ3v) is 2.04. The van der Waals surface area contributed by atoms with Crippen molar-refractivity contribution in [1.82, 2.24) is 0 Å². The molecule has 7 heteroatoms. The fourth-order valence-corrected chi connectivity index (χ4v) is 1.32. The molecule has 1 aromatic rings. The number of benzene rings is 1. The summed E-state index contributed by atoms with van der Waals surface area (Å²) in [6, 6.07) is 3.68. The Labute approximate surface area is 102 Å². The molecule has 0 fully saturated rings. The van der Waals surface area contributed by atoms with Crippen LogP contribution in [-0.2, 0) is 4.74 Å². The van der Waals surface area contributed by atoms with Crippen LogP contribution in [0.5, 0.6) is 0 Å². The number of hydrogen-bond acceptors (Lipinski definition) is 5. The molecule has 0 aliphatic carbocycles. The minimum atomic E-state index is -0.986. The maximum Gasteiger partial charge on any atom is 0.345 e. The highest BCUT2D eigenvalue weighted by atomic mass is 16.6. The summed E-state index contributed by atoms with van der Waals surface area (Å²) in [7, 11) is 0. The zero-order valence-electron chi connectivity index (χ0n) is 9.29. The van der Waals surface area contributed by atoms with Gasteiger partial charge in [0.2, 0.25) is 0 Å². The van der Waals surface area contributed by atoms with Crippen LogP contribution in [0.25, 0.3) is 0 Å². The van der Waals surface area contributed by atoms with Gasteiger partial charge in [0.15, 0.2) is 0 Å². The molecule has 0 unspecified atom stereocenters. The molecular weight excluding hydrogens is 240 g/mol. The van der Waals surface area contributed by atoms with Gasteiger partial charge in [-0.15, -0.1) is 0 Å². The summed E-state index contributed by atoms with van der Waals surface area (Å²) in [5.41, 5.74) is 3.70. The molecule has 0 radical (unpaired) electrons. The predicted octanol–water partition coefficient (Wildman–Crippen LogP) is 1.04. The van der Waals surface area contributed by atoms with Gasteiger partial charge in [0, 0.05) is 0 Å². The lowest BCUT2D eigenvalue weighted by Crippen LogP contribution is -2.16. The Kier molecular flexibility index (Phi) is 4.14. The van der Waals surface area contributed by atoms with Crippen molar-refractivity contribution in [3.8, 4) is 0 Å². The Hall–Kier alpha value is -2.70. The van der Waals surface area contributed by atoms with E-state index in [-0.39, 0.29) is 17.7 Å². The fraction of sp³-hybridized carbons (Fsp3) is 0.0909. The lowest BCUT2D eigenvalue weighted by atomic mass is 10.1. The number of rotatable bonds is 5. The Bertz CT molecular complexity index is 524. The number of esters is 1. The maximum absolute atomic E-state index is 11.6. The molecule has 0 spiro atoms. The van der Waals surface area contributed by atoms with Gasteiger partial charge in [-0.25, -0.2) is 4.79 Å². The van der Waals surface area contributed by atoms with Gasteiger partial charge in [-0.3, -0.25) is 14.9 Å². The van der Waals surface area contributed by atoms with Crippen LogP contribution in [0.3, 0.4) is 0 Å². The average molecular weight is 250 g/mol. The van der Waals surface area contributed by atoms with E-state index < -0.39 is 22.5 Å². The maximum atomic E-state index is 11.6. The van der Waals surface area contributed by atoms with E-state index in [1.807, 2.05) is 0 Å². The van der Waals surface area contributed by atoms with Crippen LogP contribution in [0.1, 0.15) is 20.7 Å². The van der Waals surface area contributed by atoms with E-state index in [9.17, 15) is 19.7 Å². The number of nitro groups is 1. The molecule has 1 rings (SSSR count). The van der Waals surface area contributed by atoms with Crippen LogP contribution < -0.4 is 5.73 Å². The number of amides is 1. The molecule has 0 aromatic heterocycles. The highest BCUT2D eigenvalue weighted by molar-refractivity contribution is 6.03. The van der Waals surface area contributed by atoms with Crippen molar-refractivity contribution < 1.29 is 19.2 Å². The van der Waals surface area contributed by atoms with Gasteiger partial charge < -0.3 is 10.5 Å². The fourth-order valence-electron chi connectivity index (χ4n) is 1.32. The van der Waals surface area contributed by atoms with E-state index in [2.05, 4.69) is 11.3 Å². The van der Waals surface area contributed by atoms with Crippen molar-refractivity contribution in [3.05, 3.63) is 52.1 Å². The van der Waals surface area contributed by atoms with Crippen LogP contribution in [0.4, 0.5) is 5.69 Å². The molecule has 0 saturated carbocycles. The number of ether oxygens (including phenoxy) is 1. The summed E-state index contributed by atoms with van der Waals surface area (Å²) in [6.45, 7) is 3.26. The molecule has 1 amide bonds. The first-order chi connectivity index (χ1) is 8.49. The van der Waals surface area contributed by atoms with Crippen molar-refractivity contribution in [1.29, 1.82) is 0 Å². The van der Waals surface area contributed by atoms with Gasteiger partial charge in [0.1, 0.15) is 17.7 Å². The number of para-hydroxylation sites is 1. The monoisotopic (exact) mass is 250 g/mol. The molecule has 0 aliphatic rings. The quantitative estimate of drug-likeness (QED) is 0.363. The molecule has 0 atom stereocenters. The van der Waals surface area contributed by atoms with Gasteiger partial charge >= 0.3 is 5.97 Å². The van der Waals surface area contributed by atoms with Gasteiger partial charge in [-0.1, -0.05) is 18.7 Å². The Morgan fingerprint density at radius 3 is 2.56 bits per heavy atom. The molecule has 7 nitrogen and oxygen atoms in total. The largest absolute Gasteiger partial charge is 0.458 e. The highest BCUT2D eigenvalue weighted by Gasteiger charge is 2.27. The van der Waals surface area contributed by atoms with Gasteiger partial charge in [-0.05, 0) is 12.1 Å². The van der Waals surface area contributed by atoms with E-state index >= 15 is 0 Å². The van der Waals surface area contributed by atoms with E-state index in [4.69, 9.17) is 5.73 Å². The summed E-state index contributed by atoms with van der Waals surface area (Å²) in [5, 5.41) is 10.9. The van der Waals surface area contributed by atoms with Crippen LogP contribution in [-0.4, -0.2) is 23.4 Å². The summed E-state index contributed by atoms with van der Waals surface area (Å²) >= 11 is 0. The number of primary amides is 1. The smallest absolute Gasteiger partial charge is 0.345 e. The predicted molar refractivity (Wildman–Crippen MR) is 62.1 cm³/mol. The normalized spacial score (nSPS) is 9.56.